The number of rotatable bonds is 12. The Morgan fingerprint density at radius 2 is 1.68 bits per heavy atom. The highest BCUT2D eigenvalue weighted by atomic mass is 35.5. The number of halogens is 2. The third kappa shape index (κ3) is 8.78. The van der Waals surface area contributed by atoms with E-state index >= 15 is 4.39 Å². The van der Waals surface area contributed by atoms with Gasteiger partial charge < -0.3 is 35.0 Å². The molecule has 14 nitrogen and oxygen atoms in total. The van der Waals surface area contributed by atoms with E-state index in [9.17, 15) is 20.0 Å². The zero-order chi connectivity index (χ0) is 48.7. The SMILES string of the molecule is CN1C=C(c2cc(C(C)(C)O)ccc2Oc2cccc(N3CC(CN4C5CCC4CN(C4NCC(C(=O)NC6C(C)(C)C(Oc7ccc(C#N)c(Cl)c7)C6(C)C)CN4)C5)C3)c2F)C2CCNC2C1=O. The van der Waals surface area contributed by atoms with Crippen molar-refractivity contribution in [2.24, 2.45) is 28.6 Å². The van der Waals surface area contributed by atoms with Crippen LogP contribution in [0, 0.1) is 45.7 Å². The molecule has 5 N–H and O–H groups in total. The number of carbonyl (C=O) groups excluding carboxylic acids is 2. The first-order valence-electron chi connectivity index (χ1n) is 24.8. The van der Waals surface area contributed by atoms with Gasteiger partial charge in [0.2, 0.25) is 11.8 Å². The number of likely N-dealkylation sites (tertiary alicyclic amines) is 1. The van der Waals surface area contributed by atoms with Gasteiger partial charge in [-0.3, -0.25) is 30.0 Å². The number of fused-ring (bicyclic) bond motifs is 3. The predicted molar refractivity (Wildman–Crippen MR) is 263 cm³/mol. The maximum Gasteiger partial charge on any atom is 0.244 e. The molecule has 3 aromatic carbocycles. The Kier molecular flexibility index (Phi) is 12.6. The summed E-state index contributed by atoms with van der Waals surface area (Å²) in [6.07, 6.45) is 4.78. The largest absolute Gasteiger partial charge is 0.489 e. The lowest BCUT2D eigenvalue weighted by Crippen LogP contribution is -2.75. The van der Waals surface area contributed by atoms with E-state index in [0.717, 1.165) is 69.7 Å². The molecule has 368 valence electrons. The average molecular weight is 965 g/mol. The van der Waals surface area contributed by atoms with Crippen molar-refractivity contribution in [3.8, 4) is 23.3 Å². The molecule has 5 saturated heterocycles. The van der Waals surface area contributed by atoms with Crippen molar-refractivity contribution >= 4 is 34.7 Å². The highest BCUT2D eigenvalue weighted by Crippen LogP contribution is 2.56. The summed E-state index contributed by atoms with van der Waals surface area (Å²) in [5.41, 5.74) is 1.52. The number of piperazine rings is 1. The third-order valence-electron chi connectivity index (χ3n) is 16.4. The second-order valence-corrected chi connectivity index (χ2v) is 22.8. The van der Waals surface area contributed by atoms with Crippen molar-refractivity contribution in [2.45, 2.75) is 103 Å². The normalized spacial score (nSPS) is 29.9. The molecule has 4 unspecified atom stereocenters. The first-order valence-corrected chi connectivity index (χ1v) is 25.1. The second-order valence-electron chi connectivity index (χ2n) is 22.4. The number of ether oxygens (including phenoxy) is 2. The smallest absolute Gasteiger partial charge is 0.244 e. The summed E-state index contributed by atoms with van der Waals surface area (Å²) in [5, 5.41) is 34.6. The summed E-state index contributed by atoms with van der Waals surface area (Å²) >= 11 is 6.29. The van der Waals surface area contributed by atoms with Gasteiger partial charge in [-0.05, 0) is 87.2 Å². The minimum Gasteiger partial charge on any atom is -0.489 e. The fraction of sp³-hybridized carbons (Fsp3) is 0.566. The van der Waals surface area contributed by atoms with Crippen molar-refractivity contribution in [3.63, 3.8) is 0 Å². The Bertz CT molecular complexity index is 2530. The van der Waals surface area contributed by atoms with Crippen LogP contribution in [0.25, 0.3) is 5.57 Å². The van der Waals surface area contributed by atoms with Gasteiger partial charge in [0.25, 0.3) is 0 Å². The number of likely N-dealkylation sites (N-methyl/N-ethyl adjacent to an activating group) is 1. The van der Waals surface area contributed by atoms with E-state index in [2.05, 4.69) is 69.7 Å². The number of nitriles is 1. The van der Waals surface area contributed by atoms with E-state index in [1.807, 2.05) is 30.5 Å². The Balaban J connectivity index is 0.715. The van der Waals surface area contributed by atoms with Crippen LogP contribution in [0.4, 0.5) is 10.1 Å². The number of anilines is 1. The zero-order valence-electron chi connectivity index (χ0n) is 40.8. The molecule has 0 spiro atoms. The van der Waals surface area contributed by atoms with Crippen molar-refractivity contribution in [1.29, 1.82) is 5.26 Å². The lowest BCUT2D eigenvalue weighted by Gasteiger charge is -2.63. The van der Waals surface area contributed by atoms with Gasteiger partial charge >= 0.3 is 0 Å². The molecule has 2 bridgehead atoms. The van der Waals surface area contributed by atoms with Crippen molar-refractivity contribution in [3.05, 3.63) is 88.3 Å². The van der Waals surface area contributed by atoms with E-state index in [0.29, 0.717) is 64.4 Å². The lowest BCUT2D eigenvalue weighted by atomic mass is 9.49. The zero-order valence-corrected chi connectivity index (χ0v) is 41.6. The fourth-order valence-corrected chi connectivity index (χ4v) is 13.2. The summed E-state index contributed by atoms with van der Waals surface area (Å²) in [6.45, 7) is 18.2. The molecule has 7 aliphatic rings. The molecule has 1 saturated carbocycles. The first kappa shape index (κ1) is 47.9. The molecule has 10 rings (SSSR count). The predicted octanol–water partition coefficient (Wildman–Crippen LogP) is 5.84. The number of benzene rings is 3. The highest BCUT2D eigenvalue weighted by molar-refractivity contribution is 6.31. The van der Waals surface area contributed by atoms with Gasteiger partial charge in [0.1, 0.15) is 30.0 Å². The summed E-state index contributed by atoms with van der Waals surface area (Å²) in [7, 11) is 1.75. The van der Waals surface area contributed by atoms with Crippen molar-refractivity contribution in [2.75, 3.05) is 64.3 Å². The number of nitrogens with one attached hydrogen (secondary N) is 4. The van der Waals surface area contributed by atoms with E-state index in [1.54, 1.807) is 56.1 Å². The molecule has 16 heteroatoms. The van der Waals surface area contributed by atoms with Crippen LogP contribution in [0.2, 0.25) is 5.02 Å². The maximum absolute atomic E-state index is 16.5. The number of aliphatic hydroxyl groups is 1. The Morgan fingerprint density at radius 3 is 2.35 bits per heavy atom. The Morgan fingerprint density at radius 1 is 0.971 bits per heavy atom. The van der Waals surface area contributed by atoms with Crippen LogP contribution < -0.4 is 35.6 Å². The van der Waals surface area contributed by atoms with Gasteiger partial charge in [-0.1, -0.05) is 51.4 Å². The van der Waals surface area contributed by atoms with Gasteiger partial charge in [0.05, 0.1) is 33.8 Å². The molecule has 6 aliphatic heterocycles. The minimum absolute atomic E-state index is 0.00155. The Labute approximate surface area is 410 Å². The molecule has 1 aliphatic carbocycles. The number of carbonyl (C=O) groups is 2. The molecule has 4 atom stereocenters. The van der Waals surface area contributed by atoms with Gasteiger partial charge in [0.15, 0.2) is 11.6 Å². The number of amides is 2. The van der Waals surface area contributed by atoms with Crippen molar-refractivity contribution in [1.82, 2.24) is 36.0 Å². The van der Waals surface area contributed by atoms with E-state index in [-0.39, 0.29) is 64.7 Å². The van der Waals surface area contributed by atoms with E-state index in [1.165, 1.54) is 0 Å². The van der Waals surface area contributed by atoms with Crippen LogP contribution in [-0.2, 0) is 15.2 Å². The van der Waals surface area contributed by atoms with Crippen LogP contribution in [-0.4, -0.2) is 128 Å². The van der Waals surface area contributed by atoms with Crippen LogP contribution in [0.3, 0.4) is 0 Å². The standard InChI is InChI=1S/C53H67ClFN9O5/c1-51(2)48(52(3,4)49(51)68-36-15-11-31(21-56)40(54)20-36)60-46(65)32-22-58-50(59-23-32)63-27-34-13-14-35(28-63)64(34)26-30-24-62(25-30)41-9-8-10-43(44(41)55)69-42-16-12-33(53(5,6)67)19-38(42)39-29-61(7)47(66)45-37(39)17-18-57-45/h8-12,15-16,19-20,29-30,32,34-35,37,45,48-50,57-59,67H,13-14,17-18,22-28H2,1-7H3,(H,60,65). The molecule has 69 heavy (non-hydrogen) atoms. The molecule has 6 fully saturated rings. The quantitative estimate of drug-likeness (QED) is 0.148. The number of nitrogens with zero attached hydrogens (tertiary/aromatic N) is 5. The number of hydrogen-bond acceptors (Lipinski definition) is 12. The minimum atomic E-state index is -1.11. The van der Waals surface area contributed by atoms with Crippen molar-refractivity contribution < 1.29 is 28.6 Å². The number of hydrogen-bond donors (Lipinski definition) is 5. The second kappa shape index (κ2) is 18.1. The first-order chi connectivity index (χ1) is 32.8. The summed E-state index contributed by atoms with van der Waals surface area (Å²) in [5.74, 6) is 1.02. The lowest BCUT2D eigenvalue weighted by molar-refractivity contribution is -0.174. The third-order valence-corrected chi connectivity index (χ3v) is 16.8. The summed E-state index contributed by atoms with van der Waals surface area (Å²) < 4.78 is 29.4. The monoisotopic (exact) mass is 963 g/mol. The highest BCUT2D eigenvalue weighted by Gasteiger charge is 2.64. The summed E-state index contributed by atoms with van der Waals surface area (Å²) in [4.78, 5) is 35.7. The van der Waals surface area contributed by atoms with Crippen LogP contribution in [0.5, 0.6) is 17.2 Å². The van der Waals surface area contributed by atoms with Gasteiger partial charge in [-0.2, -0.15) is 5.26 Å². The molecule has 0 aromatic heterocycles. The molecule has 3 aromatic rings. The molecular weight excluding hydrogens is 897 g/mol. The average Bonchev–Trinajstić information content (AvgIpc) is 3.88. The summed E-state index contributed by atoms with van der Waals surface area (Å²) in [6, 6.07) is 18.5. The van der Waals surface area contributed by atoms with Crippen LogP contribution in [0.15, 0.2) is 60.8 Å². The van der Waals surface area contributed by atoms with Gasteiger partial charge in [-0.15, -0.1) is 0 Å². The molecular formula is C53H67ClFN9O5. The van der Waals surface area contributed by atoms with E-state index in [4.69, 9.17) is 21.1 Å². The van der Waals surface area contributed by atoms with Gasteiger partial charge in [0, 0.05) is 111 Å². The fourth-order valence-electron chi connectivity index (χ4n) is 13.0. The molecule has 0 radical (unpaired) electrons. The van der Waals surface area contributed by atoms with Crippen LogP contribution >= 0.6 is 11.6 Å². The van der Waals surface area contributed by atoms with Gasteiger partial charge in [-0.25, -0.2) is 4.39 Å². The Hall–Kier alpha value is -4.79. The maximum atomic E-state index is 16.5. The molecule has 2 amide bonds. The topological polar surface area (TPSA) is 158 Å². The van der Waals surface area contributed by atoms with Crippen LogP contribution in [0.1, 0.15) is 77.5 Å². The molecule has 6 heterocycles. The van der Waals surface area contributed by atoms with E-state index < -0.39 is 11.4 Å².